The van der Waals surface area contributed by atoms with Crippen molar-refractivity contribution in [1.82, 2.24) is 15.0 Å². The minimum absolute atomic E-state index is 0.107. The largest absolute Gasteiger partial charge is 0.436 e. The molecule has 2 aromatic carbocycles. The van der Waals surface area contributed by atoms with Crippen molar-refractivity contribution in [3.05, 3.63) is 65.9 Å². The molecule has 0 saturated carbocycles. The summed E-state index contributed by atoms with van der Waals surface area (Å²) in [6.07, 6.45) is 3.07. The van der Waals surface area contributed by atoms with E-state index in [1.165, 1.54) is 0 Å². The molecule has 0 unspecified atom stereocenters. The number of nitrogens with zero attached hydrogens (tertiary/aromatic N) is 3. The first kappa shape index (κ1) is 19.8. The van der Waals surface area contributed by atoms with Crippen molar-refractivity contribution in [2.24, 2.45) is 0 Å². The summed E-state index contributed by atoms with van der Waals surface area (Å²) >= 11 is 0. The van der Waals surface area contributed by atoms with E-state index in [1.807, 2.05) is 36.4 Å². The maximum absolute atomic E-state index is 12.4. The molecule has 2 aromatic heterocycles. The first-order valence-corrected chi connectivity index (χ1v) is 11.1. The van der Waals surface area contributed by atoms with Gasteiger partial charge in [0, 0.05) is 37.1 Å². The van der Waals surface area contributed by atoms with Gasteiger partial charge in [-0.1, -0.05) is 12.1 Å². The van der Waals surface area contributed by atoms with Crippen LogP contribution in [0.4, 0.5) is 17.3 Å². The van der Waals surface area contributed by atoms with Crippen LogP contribution in [0.3, 0.4) is 0 Å². The van der Waals surface area contributed by atoms with Gasteiger partial charge in [0.1, 0.15) is 11.3 Å². The number of H-pyrrole nitrogens is 1. The number of ketones is 1. The highest BCUT2D eigenvalue weighted by molar-refractivity contribution is 6.03. The molecule has 3 heterocycles. The number of anilines is 3. The number of aromatic nitrogens is 3. The lowest BCUT2D eigenvalue weighted by molar-refractivity contribution is 0.0992. The van der Waals surface area contributed by atoms with E-state index in [-0.39, 0.29) is 5.78 Å². The fourth-order valence-corrected chi connectivity index (χ4v) is 4.42. The SMILES string of the molecule is O=C1CCc2cccc(Oc3nc(Nc4ccc(N5CCOCC5)cc4)nc4cc[nH]c34)c21. The number of benzene rings is 2. The number of carbonyl (C=O) groups excluding carboxylic acids is 1. The Bertz CT molecular complexity index is 1330. The molecule has 8 nitrogen and oxygen atoms in total. The predicted octanol–water partition coefficient (Wildman–Crippen LogP) is 4.46. The molecule has 0 bridgehead atoms. The van der Waals surface area contributed by atoms with Gasteiger partial charge in [-0.25, -0.2) is 4.98 Å². The Balaban J connectivity index is 1.28. The topological polar surface area (TPSA) is 92.4 Å². The number of hydrogen-bond donors (Lipinski definition) is 2. The summed E-state index contributed by atoms with van der Waals surface area (Å²) in [5.41, 5.74) is 5.13. The number of carbonyl (C=O) groups is 1. The molecule has 1 aliphatic heterocycles. The molecule has 0 amide bonds. The molecule has 8 heteroatoms. The van der Waals surface area contributed by atoms with Gasteiger partial charge in [0.25, 0.3) is 0 Å². The molecule has 0 atom stereocenters. The van der Waals surface area contributed by atoms with Crippen LogP contribution >= 0.6 is 0 Å². The van der Waals surface area contributed by atoms with Gasteiger partial charge in [-0.05, 0) is 48.4 Å². The summed E-state index contributed by atoms with van der Waals surface area (Å²) in [6, 6.07) is 15.8. The Morgan fingerprint density at radius 3 is 2.70 bits per heavy atom. The van der Waals surface area contributed by atoms with E-state index in [0.29, 0.717) is 35.1 Å². The highest BCUT2D eigenvalue weighted by Crippen LogP contribution is 2.35. The third-order valence-electron chi connectivity index (χ3n) is 6.09. The number of rotatable bonds is 5. The van der Waals surface area contributed by atoms with E-state index in [2.05, 4.69) is 37.3 Å². The second kappa shape index (κ2) is 8.22. The maximum atomic E-state index is 12.4. The van der Waals surface area contributed by atoms with Gasteiger partial charge >= 0.3 is 0 Å². The lowest BCUT2D eigenvalue weighted by Gasteiger charge is -2.28. The van der Waals surface area contributed by atoms with Gasteiger partial charge in [-0.2, -0.15) is 4.98 Å². The molecule has 166 valence electrons. The minimum atomic E-state index is 0.107. The van der Waals surface area contributed by atoms with Crippen LogP contribution in [0.2, 0.25) is 0 Å². The number of aromatic amines is 1. The lowest BCUT2D eigenvalue weighted by atomic mass is 10.1. The standard InChI is InChI=1S/C25H23N5O3/c31-20-9-4-16-2-1-3-21(22(16)20)33-24-23-19(10-11-26-23)28-25(29-24)27-17-5-7-18(8-6-17)30-12-14-32-15-13-30/h1-3,5-8,10-11,26H,4,9,12-15H2,(H,27,28,29). The predicted molar refractivity (Wildman–Crippen MR) is 126 cm³/mol. The van der Waals surface area contributed by atoms with Crippen LogP contribution in [-0.2, 0) is 11.2 Å². The average Bonchev–Trinajstić information content (AvgIpc) is 3.48. The second-order valence-electron chi connectivity index (χ2n) is 8.18. The van der Waals surface area contributed by atoms with E-state index >= 15 is 0 Å². The number of nitrogens with one attached hydrogen (secondary N) is 2. The number of morpholine rings is 1. The van der Waals surface area contributed by atoms with Crippen LogP contribution in [0.15, 0.2) is 54.7 Å². The van der Waals surface area contributed by atoms with Crippen LogP contribution < -0.4 is 15.0 Å². The Labute approximate surface area is 190 Å². The summed E-state index contributed by atoms with van der Waals surface area (Å²) in [5, 5.41) is 3.28. The zero-order valence-electron chi connectivity index (χ0n) is 18.0. The first-order chi connectivity index (χ1) is 16.2. The first-order valence-electron chi connectivity index (χ1n) is 11.1. The molecule has 1 saturated heterocycles. The molecule has 1 aliphatic carbocycles. The van der Waals surface area contributed by atoms with Crippen LogP contribution in [0.1, 0.15) is 22.3 Å². The Kier molecular flexibility index (Phi) is 4.92. The fraction of sp³-hybridized carbons (Fsp3) is 0.240. The van der Waals surface area contributed by atoms with Crippen molar-refractivity contribution in [1.29, 1.82) is 0 Å². The van der Waals surface area contributed by atoms with Crippen LogP contribution in [-0.4, -0.2) is 47.0 Å². The van der Waals surface area contributed by atoms with Crippen LogP contribution in [0, 0.1) is 0 Å². The molecule has 6 rings (SSSR count). The van der Waals surface area contributed by atoms with E-state index in [9.17, 15) is 4.79 Å². The van der Waals surface area contributed by atoms with E-state index in [0.717, 1.165) is 55.2 Å². The molecule has 0 radical (unpaired) electrons. The summed E-state index contributed by atoms with van der Waals surface area (Å²) in [4.78, 5) is 27.1. The molecule has 0 spiro atoms. The Morgan fingerprint density at radius 2 is 1.85 bits per heavy atom. The quantitative estimate of drug-likeness (QED) is 0.472. The van der Waals surface area contributed by atoms with Gasteiger partial charge in [-0.15, -0.1) is 0 Å². The molecule has 33 heavy (non-hydrogen) atoms. The van der Waals surface area contributed by atoms with E-state index in [4.69, 9.17) is 9.47 Å². The Hall–Kier alpha value is -3.91. The number of fused-ring (bicyclic) bond motifs is 2. The Morgan fingerprint density at radius 1 is 1.00 bits per heavy atom. The molecular formula is C25H23N5O3. The highest BCUT2D eigenvalue weighted by atomic mass is 16.5. The van der Waals surface area contributed by atoms with Crippen molar-refractivity contribution in [2.45, 2.75) is 12.8 Å². The number of hydrogen-bond acceptors (Lipinski definition) is 7. The van der Waals surface area contributed by atoms with Crippen molar-refractivity contribution in [3.63, 3.8) is 0 Å². The van der Waals surface area contributed by atoms with E-state index in [1.54, 1.807) is 6.20 Å². The van der Waals surface area contributed by atoms with Crippen LogP contribution in [0.5, 0.6) is 11.6 Å². The van der Waals surface area contributed by atoms with Gasteiger partial charge in [-0.3, -0.25) is 4.79 Å². The maximum Gasteiger partial charge on any atom is 0.248 e. The average molecular weight is 441 g/mol. The molecule has 2 aliphatic rings. The number of aryl methyl sites for hydroxylation is 1. The van der Waals surface area contributed by atoms with Crippen LogP contribution in [0.25, 0.3) is 11.0 Å². The van der Waals surface area contributed by atoms with Gasteiger partial charge in [0.05, 0.1) is 24.3 Å². The van der Waals surface area contributed by atoms with E-state index < -0.39 is 0 Å². The van der Waals surface area contributed by atoms with Crippen molar-refractivity contribution >= 4 is 34.1 Å². The molecule has 4 aromatic rings. The number of ether oxygens (including phenoxy) is 2. The summed E-state index contributed by atoms with van der Waals surface area (Å²) in [6.45, 7) is 3.30. The molecule has 2 N–H and O–H groups in total. The summed E-state index contributed by atoms with van der Waals surface area (Å²) in [7, 11) is 0. The molecular weight excluding hydrogens is 418 g/mol. The second-order valence-corrected chi connectivity index (χ2v) is 8.18. The van der Waals surface area contributed by atoms with Crippen molar-refractivity contribution in [2.75, 3.05) is 36.5 Å². The summed E-state index contributed by atoms with van der Waals surface area (Å²) in [5.74, 6) is 1.45. The molecule has 1 fully saturated rings. The zero-order valence-corrected chi connectivity index (χ0v) is 18.0. The fourth-order valence-electron chi connectivity index (χ4n) is 4.42. The smallest absolute Gasteiger partial charge is 0.248 e. The monoisotopic (exact) mass is 441 g/mol. The minimum Gasteiger partial charge on any atom is -0.436 e. The highest BCUT2D eigenvalue weighted by Gasteiger charge is 2.25. The van der Waals surface area contributed by atoms with Crippen molar-refractivity contribution in [3.8, 4) is 11.6 Å². The van der Waals surface area contributed by atoms with Crippen molar-refractivity contribution < 1.29 is 14.3 Å². The normalized spacial score (nSPS) is 15.6. The number of Topliss-reactive ketones (excluding diaryl/α,β-unsaturated/α-hetero) is 1. The van der Waals surface area contributed by atoms with Gasteiger partial charge in [0.15, 0.2) is 5.78 Å². The zero-order chi connectivity index (χ0) is 22.2. The summed E-state index contributed by atoms with van der Waals surface area (Å²) < 4.78 is 11.6. The lowest BCUT2D eigenvalue weighted by Crippen LogP contribution is -2.36. The van der Waals surface area contributed by atoms with Gasteiger partial charge < -0.3 is 24.7 Å². The third-order valence-corrected chi connectivity index (χ3v) is 6.09. The third kappa shape index (κ3) is 3.78. The van der Waals surface area contributed by atoms with Gasteiger partial charge in [0.2, 0.25) is 11.8 Å².